The van der Waals surface area contributed by atoms with Gasteiger partial charge in [0.1, 0.15) is 0 Å². The fourth-order valence-electron chi connectivity index (χ4n) is 3.13. The number of ether oxygens (including phenoxy) is 1. The Morgan fingerprint density at radius 2 is 2.35 bits per heavy atom. The van der Waals surface area contributed by atoms with Gasteiger partial charge >= 0.3 is 6.03 Å². The lowest BCUT2D eigenvalue weighted by Gasteiger charge is -2.25. The first-order chi connectivity index (χ1) is 12.8. The molecule has 4 rings (SSSR count). The second kappa shape index (κ2) is 7.84. The van der Waals surface area contributed by atoms with Gasteiger partial charge in [0.05, 0.1) is 12.6 Å². The van der Waals surface area contributed by atoms with Crippen molar-refractivity contribution in [2.24, 2.45) is 0 Å². The summed E-state index contributed by atoms with van der Waals surface area (Å²) >= 11 is 1.64. The van der Waals surface area contributed by atoms with Crippen LogP contribution in [0.25, 0.3) is 5.65 Å². The lowest BCUT2D eigenvalue weighted by Crippen LogP contribution is -2.43. The molecule has 0 aromatic carbocycles. The van der Waals surface area contributed by atoms with E-state index in [0.717, 1.165) is 30.7 Å². The summed E-state index contributed by atoms with van der Waals surface area (Å²) in [4.78, 5) is 14.6. The van der Waals surface area contributed by atoms with E-state index < -0.39 is 0 Å². The van der Waals surface area contributed by atoms with E-state index in [1.54, 1.807) is 11.3 Å². The summed E-state index contributed by atoms with van der Waals surface area (Å²) in [7, 11) is 0. The van der Waals surface area contributed by atoms with Gasteiger partial charge in [-0.1, -0.05) is 6.07 Å². The summed E-state index contributed by atoms with van der Waals surface area (Å²) in [6.45, 7) is 2.29. The predicted molar refractivity (Wildman–Crippen MR) is 98.9 cm³/mol. The van der Waals surface area contributed by atoms with E-state index in [0.29, 0.717) is 25.5 Å². The Morgan fingerprint density at radius 3 is 3.15 bits per heavy atom. The third-order valence-corrected chi connectivity index (χ3v) is 5.20. The zero-order valence-electron chi connectivity index (χ0n) is 14.4. The van der Waals surface area contributed by atoms with Gasteiger partial charge in [0.15, 0.2) is 11.5 Å². The van der Waals surface area contributed by atoms with Crippen LogP contribution in [-0.2, 0) is 17.8 Å². The highest BCUT2D eigenvalue weighted by Crippen LogP contribution is 2.16. The fraction of sp³-hybridized carbons (Fsp3) is 0.389. The predicted octanol–water partition coefficient (Wildman–Crippen LogP) is 2.68. The molecule has 0 unspecified atom stereocenters. The molecule has 1 saturated heterocycles. The van der Waals surface area contributed by atoms with Crippen molar-refractivity contribution in [2.75, 3.05) is 13.2 Å². The van der Waals surface area contributed by atoms with Gasteiger partial charge in [0, 0.05) is 25.9 Å². The molecule has 4 heterocycles. The zero-order valence-corrected chi connectivity index (χ0v) is 15.2. The van der Waals surface area contributed by atoms with Gasteiger partial charge in [-0.15, -0.1) is 10.2 Å². The Hall–Kier alpha value is -2.45. The number of carbonyl (C=O) groups excluding carboxylic acids is 1. The largest absolute Gasteiger partial charge is 0.376 e. The second-order valence-electron chi connectivity index (χ2n) is 6.35. The number of nitrogens with zero attached hydrogens (tertiary/aromatic N) is 4. The van der Waals surface area contributed by atoms with Crippen LogP contribution in [0, 0.1) is 0 Å². The number of aromatic nitrogens is 3. The van der Waals surface area contributed by atoms with Crippen LogP contribution >= 0.6 is 11.3 Å². The number of carbonyl (C=O) groups is 1. The van der Waals surface area contributed by atoms with E-state index in [-0.39, 0.29) is 12.1 Å². The average molecular weight is 371 g/mol. The number of hydrogen-bond acceptors (Lipinski definition) is 5. The summed E-state index contributed by atoms with van der Waals surface area (Å²) in [5, 5.41) is 15.4. The maximum Gasteiger partial charge on any atom is 0.318 e. The fourth-order valence-corrected chi connectivity index (χ4v) is 3.79. The van der Waals surface area contributed by atoms with E-state index in [2.05, 4.69) is 20.9 Å². The average Bonchev–Trinajstić information content (AvgIpc) is 3.41. The molecular formula is C18H21N5O2S. The highest BCUT2D eigenvalue weighted by molar-refractivity contribution is 7.07. The van der Waals surface area contributed by atoms with Gasteiger partial charge in [0.2, 0.25) is 0 Å². The topological polar surface area (TPSA) is 71.8 Å². The number of thiophene rings is 1. The van der Waals surface area contributed by atoms with Crippen molar-refractivity contribution < 1.29 is 9.53 Å². The van der Waals surface area contributed by atoms with Crippen LogP contribution < -0.4 is 5.32 Å². The third kappa shape index (κ3) is 3.86. The minimum absolute atomic E-state index is 0.112. The Labute approximate surface area is 155 Å². The second-order valence-corrected chi connectivity index (χ2v) is 7.13. The van der Waals surface area contributed by atoms with Crippen LogP contribution in [0.1, 0.15) is 24.2 Å². The highest BCUT2D eigenvalue weighted by Gasteiger charge is 2.23. The van der Waals surface area contributed by atoms with E-state index >= 15 is 0 Å². The third-order valence-electron chi connectivity index (χ3n) is 4.47. The van der Waals surface area contributed by atoms with Crippen LogP contribution in [0.5, 0.6) is 0 Å². The Morgan fingerprint density at radius 1 is 1.38 bits per heavy atom. The van der Waals surface area contributed by atoms with Crippen LogP contribution in [0.15, 0.2) is 41.2 Å². The van der Waals surface area contributed by atoms with Crippen LogP contribution in [-0.4, -0.2) is 44.8 Å². The number of fused-ring (bicyclic) bond motifs is 1. The molecule has 26 heavy (non-hydrogen) atoms. The molecule has 3 aromatic heterocycles. The quantitative estimate of drug-likeness (QED) is 0.723. The Balaban J connectivity index is 1.42. The summed E-state index contributed by atoms with van der Waals surface area (Å²) < 4.78 is 7.59. The molecule has 0 radical (unpaired) electrons. The van der Waals surface area contributed by atoms with Crippen molar-refractivity contribution in [2.45, 2.75) is 32.0 Å². The van der Waals surface area contributed by atoms with Crippen LogP contribution in [0.2, 0.25) is 0 Å². The van der Waals surface area contributed by atoms with E-state index in [4.69, 9.17) is 4.74 Å². The van der Waals surface area contributed by atoms with Crippen molar-refractivity contribution in [1.82, 2.24) is 24.8 Å². The zero-order chi connectivity index (χ0) is 17.8. The summed E-state index contributed by atoms with van der Waals surface area (Å²) in [6.07, 6.45) is 4.08. The number of urea groups is 1. The molecule has 1 aliphatic heterocycles. The molecule has 0 aliphatic carbocycles. The molecule has 1 atom stereocenters. The van der Waals surface area contributed by atoms with Gasteiger partial charge in [-0.2, -0.15) is 11.3 Å². The summed E-state index contributed by atoms with van der Waals surface area (Å²) in [6, 6.07) is 7.66. The minimum atomic E-state index is -0.112. The smallest absolute Gasteiger partial charge is 0.318 e. The van der Waals surface area contributed by atoms with Crippen molar-refractivity contribution in [3.63, 3.8) is 0 Å². The van der Waals surface area contributed by atoms with Crippen LogP contribution in [0.4, 0.5) is 4.79 Å². The highest BCUT2D eigenvalue weighted by atomic mass is 32.1. The number of amides is 2. The number of pyridine rings is 1. The van der Waals surface area contributed by atoms with Gasteiger partial charge in [-0.3, -0.25) is 4.40 Å². The molecule has 0 spiro atoms. The molecule has 8 heteroatoms. The number of rotatable bonds is 6. The van der Waals surface area contributed by atoms with Gasteiger partial charge in [-0.05, 0) is 47.4 Å². The number of nitrogens with one attached hydrogen (secondary N) is 1. The summed E-state index contributed by atoms with van der Waals surface area (Å²) in [5.74, 6) is 0.710. The summed E-state index contributed by atoms with van der Waals surface area (Å²) in [5.41, 5.74) is 1.90. The molecular weight excluding hydrogens is 350 g/mol. The normalized spacial score (nSPS) is 16.8. The monoisotopic (exact) mass is 371 g/mol. The molecule has 3 aromatic rings. The lowest BCUT2D eigenvalue weighted by atomic mass is 10.2. The minimum Gasteiger partial charge on any atom is -0.376 e. The molecule has 7 nitrogen and oxygen atoms in total. The van der Waals surface area contributed by atoms with E-state index in [9.17, 15) is 4.79 Å². The van der Waals surface area contributed by atoms with Crippen molar-refractivity contribution >= 4 is 23.0 Å². The first kappa shape index (κ1) is 17.0. The maximum absolute atomic E-state index is 12.8. The lowest BCUT2D eigenvalue weighted by molar-refractivity contribution is 0.0794. The number of hydrogen-bond donors (Lipinski definition) is 1. The molecule has 0 bridgehead atoms. The SMILES string of the molecule is O=C(NCc1nnc2ccccn12)N(Cc1ccsc1)C[C@@H]1CCCO1. The van der Waals surface area contributed by atoms with Gasteiger partial charge in [0.25, 0.3) is 0 Å². The van der Waals surface area contributed by atoms with Crippen molar-refractivity contribution in [3.8, 4) is 0 Å². The van der Waals surface area contributed by atoms with E-state index in [1.165, 1.54) is 0 Å². The molecule has 1 N–H and O–H groups in total. The van der Waals surface area contributed by atoms with Crippen LogP contribution in [0.3, 0.4) is 0 Å². The Bertz CT molecular complexity index is 857. The Kier molecular flexibility index (Phi) is 5.12. The maximum atomic E-state index is 12.8. The standard InChI is InChI=1S/C18H21N5O2S/c24-18(19-10-17-21-20-16-5-1-2-7-23(16)17)22(11-14-6-9-26-13-14)12-15-4-3-8-25-15/h1-2,5-7,9,13,15H,3-4,8,10-12H2,(H,19,24)/t15-/m0/s1. The van der Waals surface area contributed by atoms with Gasteiger partial charge in [-0.25, -0.2) is 4.79 Å². The molecule has 136 valence electrons. The molecule has 2 amide bonds. The van der Waals surface area contributed by atoms with Crippen molar-refractivity contribution in [1.29, 1.82) is 0 Å². The van der Waals surface area contributed by atoms with Crippen molar-refractivity contribution in [3.05, 3.63) is 52.6 Å². The van der Waals surface area contributed by atoms with E-state index in [1.807, 2.05) is 45.1 Å². The molecule has 1 fully saturated rings. The first-order valence-electron chi connectivity index (χ1n) is 8.74. The molecule has 1 aliphatic rings. The molecule has 0 saturated carbocycles. The first-order valence-corrected chi connectivity index (χ1v) is 9.68. The van der Waals surface area contributed by atoms with Gasteiger partial charge < -0.3 is 15.0 Å².